The molecule has 0 aliphatic carbocycles. The Kier molecular flexibility index (Phi) is 4.55. The number of nitrogens with zero attached hydrogens (tertiary/aromatic N) is 2. The van der Waals surface area contributed by atoms with Gasteiger partial charge in [0, 0.05) is 13.0 Å². The molecule has 0 saturated carbocycles. The molecule has 2 heterocycles. The van der Waals surface area contributed by atoms with Crippen LogP contribution in [0.25, 0.3) is 0 Å². The van der Waals surface area contributed by atoms with Gasteiger partial charge in [0.1, 0.15) is 5.78 Å². The van der Waals surface area contributed by atoms with Crippen LogP contribution in [-0.2, 0) is 29.4 Å². The summed E-state index contributed by atoms with van der Waals surface area (Å²) in [4.78, 5) is 12.6. The summed E-state index contributed by atoms with van der Waals surface area (Å²) in [5.41, 5.74) is 1.67. The van der Waals surface area contributed by atoms with Crippen LogP contribution in [0.3, 0.4) is 0 Å². The first-order valence-electron chi connectivity index (χ1n) is 7.25. The van der Waals surface area contributed by atoms with Crippen molar-refractivity contribution in [2.75, 3.05) is 0 Å². The molecule has 20 heavy (non-hydrogen) atoms. The van der Waals surface area contributed by atoms with Gasteiger partial charge in [-0.2, -0.15) is 5.10 Å². The molecule has 1 aliphatic rings. The normalized spacial score (nSPS) is 29.9. The number of carbonyl (C=O) groups excluding carboxylic acids is 1. The Morgan fingerprint density at radius 3 is 2.45 bits per heavy atom. The standard InChI is InChI=1S/C15H23ClN2O2/c1-6-11-15(16)12(18(5)17-11)7-13(19)14-8(2)9(3)20-10(14)4/h8-10,14H,6-7H2,1-5H3. The van der Waals surface area contributed by atoms with Crippen molar-refractivity contribution >= 4 is 17.4 Å². The summed E-state index contributed by atoms with van der Waals surface area (Å²) in [6.07, 6.45) is 1.21. The van der Waals surface area contributed by atoms with E-state index in [4.69, 9.17) is 16.3 Å². The zero-order valence-corrected chi connectivity index (χ0v) is 13.6. The van der Waals surface area contributed by atoms with Crippen LogP contribution in [0, 0.1) is 11.8 Å². The van der Waals surface area contributed by atoms with Crippen molar-refractivity contribution < 1.29 is 9.53 Å². The van der Waals surface area contributed by atoms with Gasteiger partial charge >= 0.3 is 0 Å². The van der Waals surface area contributed by atoms with Crippen molar-refractivity contribution in [3.8, 4) is 0 Å². The average Bonchev–Trinajstić information content (AvgIpc) is 2.79. The number of ketones is 1. The average molecular weight is 299 g/mol. The maximum absolute atomic E-state index is 12.6. The lowest BCUT2D eigenvalue weighted by Gasteiger charge is -2.17. The summed E-state index contributed by atoms with van der Waals surface area (Å²) in [6.45, 7) is 8.10. The number of carbonyl (C=O) groups is 1. The second-order valence-corrected chi connectivity index (χ2v) is 6.14. The molecule has 2 rings (SSSR count). The molecular formula is C15H23ClN2O2. The lowest BCUT2D eigenvalue weighted by atomic mass is 9.84. The summed E-state index contributed by atoms with van der Waals surface area (Å²) in [5.74, 6) is 0.387. The van der Waals surface area contributed by atoms with Gasteiger partial charge in [-0.3, -0.25) is 9.48 Å². The van der Waals surface area contributed by atoms with Gasteiger partial charge in [0.15, 0.2) is 0 Å². The van der Waals surface area contributed by atoms with Crippen LogP contribution in [0.4, 0.5) is 0 Å². The van der Waals surface area contributed by atoms with Gasteiger partial charge in [0.2, 0.25) is 0 Å². The summed E-state index contributed by atoms with van der Waals surface area (Å²) in [7, 11) is 1.84. The van der Waals surface area contributed by atoms with Crippen LogP contribution in [0.2, 0.25) is 5.02 Å². The largest absolute Gasteiger partial charge is 0.375 e. The zero-order chi connectivity index (χ0) is 15.0. The Bertz CT molecular complexity index is 512. The highest BCUT2D eigenvalue weighted by molar-refractivity contribution is 6.32. The smallest absolute Gasteiger partial charge is 0.144 e. The van der Waals surface area contributed by atoms with Crippen molar-refractivity contribution in [2.24, 2.45) is 18.9 Å². The van der Waals surface area contributed by atoms with Gasteiger partial charge in [-0.15, -0.1) is 0 Å². The molecule has 0 amide bonds. The van der Waals surface area contributed by atoms with E-state index in [1.807, 2.05) is 27.8 Å². The summed E-state index contributed by atoms with van der Waals surface area (Å²) in [5, 5.41) is 5.00. The Labute approximate surface area is 125 Å². The van der Waals surface area contributed by atoms with E-state index in [1.165, 1.54) is 0 Å². The predicted molar refractivity (Wildman–Crippen MR) is 79.0 cm³/mol. The van der Waals surface area contributed by atoms with Crippen LogP contribution in [0.15, 0.2) is 0 Å². The first-order valence-corrected chi connectivity index (χ1v) is 7.63. The third-order valence-corrected chi connectivity index (χ3v) is 4.89. The van der Waals surface area contributed by atoms with Crippen molar-refractivity contribution in [1.82, 2.24) is 9.78 Å². The second-order valence-electron chi connectivity index (χ2n) is 5.76. The fraction of sp³-hybridized carbons (Fsp3) is 0.733. The molecule has 4 unspecified atom stereocenters. The number of rotatable bonds is 4. The molecule has 1 aromatic rings. The highest BCUT2D eigenvalue weighted by Gasteiger charge is 2.41. The number of aromatic nitrogens is 2. The van der Waals surface area contributed by atoms with Gasteiger partial charge in [0.25, 0.3) is 0 Å². The number of hydrogen-bond acceptors (Lipinski definition) is 3. The Morgan fingerprint density at radius 1 is 1.35 bits per heavy atom. The molecule has 1 fully saturated rings. The SMILES string of the molecule is CCc1nn(C)c(CC(=O)C2C(C)OC(C)C2C)c1Cl. The number of aryl methyl sites for hydroxylation is 2. The van der Waals surface area contributed by atoms with Crippen molar-refractivity contribution in [2.45, 2.75) is 52.7 Å². The van der Waals surface area contributed by atoms with Gasteiger partial charge in [-0.1, -0.05) is 25.4 Å². The Hall–Kier alpha value is -0.870. The Balaban J connectivity index is 2.18. The van der Waals surface area contributed by atoms with Crippen molar-refractivity contribution in [3.05, 3.63) is 16.4 Å². The summed E-state index contributed by atoms with van der Waals surface area (Å²) >= 11 is 6.32. The fourth-order valence-corrected chi connectivity index (χ4v) is 3.48. The molecule has 0 N–H and O–H groups in total. The lowest BCUT2D eigenvalue weighted by molar-refractivity contribution is -0.124. The van der Waals surface area contributed by atoms with E-state index < -0.39 is 0 Å². The van der Waals surface area contributed by atoms with Crippen LogP contribution in [0.1, 0.15) is 39.1 Å². The van der Waals surface area contributed by atoms with E-state index >= 15 is 0 Å². The fourth-order valence-electron chi connectivity index (χ4n) is 3.12. The lowest BCUT2D eigenvalue weighted by Crippen LogP contribution is -2.28. The van der Waals surface area contributed by atoms with E-state index in [-0.39, 0.29) is 29.8 Å². The molecule has 0 spiro atoms. The minimum Gasteiger partial charge on any atom is -0.375 e. The summed E-state index contributed by atoms with van der Waals surface area (Å²) < 4.78 is 7.49. The van der Waals surface area contributed by atoms with Crippen LogP contribution in [-0.4, -0.2) is 27.8 Å². The van der Waals surface area contributed by atoms with Crippen molar-refractivity contribution in [1.29, 1.82) is 0 Å². The second kappa shape index (κ2) is 5.86. The van der Waals surface area contributed by atoms with E-state index in [9.17, 15) is 4.79 Å². The molecule has 0 radical (unpaired) electrons. The molecule has 1 aromatic heterocycles. The monoisotopic (exact) mass is 298 g/mol. The Morgan fingerprint density at radius 2 is 2.00 bits per heavy atom. The maximum atomic E-state index is 12.6. The topological polar surface area (TPSA) is 44.1 Å². The molecule has 0 bridgehead atoms. The van der Waals surface area contributed by atoms with E-state index in [0.717, 1.165) is 17.8 Å². The van der Waals surface area contributed by atoms with Crippen LogP contribution in [0.5, 0.6) is 0 Å². The third kappa shape index (κ3) is 2.63. The number of ether oxygens (including phenoxy) is 1. The first-order chi connectivity index (χ1) is 9.36. The highest BCUT2D eigenvalue weighted by atomic mass is 35.5. The molecule has 0 aromatic carbocycles. The van der Waals surface area contributed by atoms with Crippen LogP contribution >= 0.6 is 11.6 Å². The molecule has 4 atom stereocenters. The summed E-state index contributed by atoms with van der Waals surface area (Å²) in [6, 6.07) is 0. The molecule has 1 saturated heterocycles. The highest BCUT2D eigenvalue weighted by Crippen LogP contribution is 2.34. The molecular weight excluding hydrogens is 276 g/mol. The van der Waals surface area contributed by atoms with E-state index in [2.05, 4.69) is 12.0 Å². The maximum Gasteiger partial charge on any atom is 0.144 e. The minimum absolute atomic E-state index is 0.0230. The first kappa shape index (κ1) is 15.5. The quantitative estimate of drug-likeness (QED) is 0.858. The zero-order valence-electron chi connectivity index (χ0n) is 12.8. The van der Waals surface area contributed by atoms with Crippen LogP contribution < -0.4 is 0 Å². The number of halogens is 1. The van der Waals surface area contributed by atoms with Gasteiger partial charge in [0.05, 0.1) is 35.0 Å². The van der Waals surface area contributed by atoms with Crippen molar-refractivity contribution in [3.63, 3.8) is 0 Å². The van der Waals surface area contributed by atoms with E-state index in [1.54, 1.807) is 4.68 Å². The number of hydrogen-bond donors (Lipinski definition) is 0. The van der Waals surface area contributed by atoms with E-state index in [0.29, 0.717) is 11.4 Å². The molecule has 112 valence electrons. The molecule has 1 aliphatic heterocycles. The van der Waals surface area contributed by atoms with Gasteiger partial charge in [-0.05, 0) is 26.2 Å². The molecule has 5 heteroatoms. The van der Waals surface area contributed by atoms with Gasteiger partial charge in [-0.25, -0.2) is 0 Å². The predicted octanol–water partition coefficient (Wildman–Crippen LogP) is 2.81. The number of Topliss-reactive ketones (excluding diaryl/α,β-unsaturated/α-hetero) is 1. The van der Waals surface area contributed by atoms with Gasteiger partial charge < -0.3 is 4.74 Å². The molecule has 4 nitrogen and oxygen atoms in total. The third-order valence-electron chi connectivity index (χ3n) is 4.46. The minimum atomic E-state index is -0.0546.